The molecule has 0 aliphatic carbocycles. The molecular formula is C19H18ClFN2O2. The molecule has 1 heterocycles. The van der Waals surface area contributed by atoms with Crippen LogP contribution in [0.5, 0.6) is 0 Å². The maximum absolute atomic E-state index is 13.9. The lowest BCUT2D eigenvalue weighted by Gasteiger charge is -2.20. The van der Waals surface area contributed by atoms with E-state index in [4.69, 9.17) is 11.6 Å². The van der Waals surface area contributed by atoms with Crippen LogP contribution in [-0.4, -0.2) is 18.4 Å². The maximum Gasteiger partial charge on any atom is 0.229 e. The standard InChI is InChI=1S/C19H18ClFN2O2/c1-11-5-3-8-16(12(11)2)23-10-13(9-17(23)24)19(25)22-15-7-4-6-14(20)18(15)21/h3-8,13H,9-10H2,1-2H3,(H,22,25). The largest absolute Gasteiger partial charge is 0.323 e. The number of rotatable bonds is 3. The Balaban J connectivity index is 1.77. The van der Waals surface area contributed by atoms with E-state index in [2.05, 4.69) is 5.32 Å². The summed E-state index contributed by atoms with van der Waals surface area (Å²) in [5, 5.41) is 2.48. The van der Waals surface area contributed by atoms with Crippen molar-refractivity contribution in [3.8, 4) is 0 Å². The molecule has 2 aromatic carbocycles. The fourth-order valence-electron chi connectivity index (χ4n) is 2.98. The number of carbonyl (C=O) groups is 2. The highest BCUT2D eigenvalue weighted by atomic mass is 35.5. The molecule has 25 heavy (non-hydrogen) atoms. The minimum atomic E-state index is -0.673. The molecule has 1 saturated heterocycles. The zero-order valence-electron chi connectivity index (χ0n) is 14.0. The molecule has 1 unspecified atom stereocenters. The third-order valence-electron chi connectivity index (χ3n) is 4.57. The lowest BCUT2D eigenvalue weighted by molar-refractivity contribution is -0.122. The van der Waals surface area contributed by atoms with Crippen LogP contribution in [0.3, 0.4) is 0 Å². The van der Waals surface area contributed by atoms with Crippen LogP contribution in [0, 0.1) is 25.6 Å². The van der Waals surface area contributed by atoms with Crippen molar-refractivity contribution >= 4 is 34.8 Å². The lowest BCUT2D eigenvalue weighted by atomic mass is 10.1. The highest BCUT2D eigenvalue weighted by Gasteiger charge is 2.36. The summed E-state index contributed by atoms with van der Waals surface area (Å²) in [6, 6.07) is 10.2. The summed E-state index contributed by atoms with van der Waals surface area (Å²) in [7, 11) is 0. The van der Waals surface area contributed by atoms with E-state index >= 15 is 0 Å². The van der Waals surface area contributed by atoms with Gasteiger partial charge in [-0.05, 0) is 43.2 Å². The van der Waals surface area contributed by atoms with Crippen LogP contribution in [0.15, 0.2) is 36.4 Å². The van der Waals surface area contributed by atoms with Gasteiger partial charge in [-0.3, -0.25) is 9.59 Å². The molecule has 3 rings (SSSR count). The Morgan fingerprint density at radius 3 is 2.72 bits per heavy atom. The molecule has 1 atom stereocenters. The van der Waals surface area contributed by atoms with Crippen LogP contribution in [0.25, 0.3) is 0 Å². The Morgan fingerprint density at radius 1 is 1.24 bits per heavy atom. The minimum Gasteiger partial charge on any atom is -0.323 e. The van der Waals surface area contributed by atoms with Gasteiger partial charge in [0.15, 0.2) is 5.82 Å². The van der Waals surface area contributed by atoms with Gasteiger partial charge in [0.2, 0.25) is 11.8 Å². The number of halogens is 2. The highest BCUT2D eigenvalue weighted by Crippen LogP contribution is 2.30. The molecule has 0 saturated carbocycles. The van der Waals surface area contributed by atoms with Crippen molar-refractivity contribution in [3.63, 3.8) is 0 Å². The normalized spacial score (nSPS) is 17.0. The predicted molar refractivity (Wildman–Crippen MR) is 96.4 cm³/mol. The SMILES string of the molecule is Cc1cccc(N2CC(C(=O)Nc3cccc(Cl)c3F)CC2=O)c1C. The van der Waals surface area contributed by atoms with Crippen molar-refractivity contribution in [2.45, 2.75) is 20.3 Å². The summed E-state index contributed by atoms with van der Waals surface area (Å²) < 4.78 is 13.9. The van der Waals surface area contributed by atoms with E-state index in [1.807, 2.05) is 32.0 Å². The second-order valence-corrected chi connectivity index (χ2v) is 6.62. The van der Waals surface area contributed by atoms with Crippen molar-refractivity contribution in [3.05, 3.63) is 58.4 Å². The number of anilines is 2. The zero-order valence-corrected chi connectivity index (χ0v) is 14.7. The molecule has 0 bridgehead atoms. The summed E-state index contributed by atoms with van der Waals surface area (Å²) in [5.74, 6) is -1.71. The van der Waals surface area contributed by atoms with Crippen LogP contribution < -0.4 is 10.2 Å². The second-order valence-electron chi connectivity index (χ2n) is 6.22. The van der Waals surface area contributed by atoms with E-state index in [1.54, 1.807) is 11.0 Å². The molecule has 6 heteroatoms. The number of nitrogens with zero attached hydrogens (tertiary/aromatic N) is 1. The first-order chi connectivity index (χ1) is 11.9. The highest BCUT2D eigenvalue weighted by molar-refractivity contribution is 6.31. The first kappa shape index (κ1) is 17.4. The van der Waals surface area contributed by atoms with Gasteiger partial charge in [-0.2, -0.15) is 0 Å². The summed E-state index contributed by atoms with van der Waals surface area (Å²) >= 11 is 5.73. The Hall–Kier alpha value is -2.40. The van der Waals surface area contributed by atoms with Crippen molar-refractivity contribution in [2.24, 2.45) is 5.92 Å². The number of benzene rings is 2. The van der Waals surface area contributed by atoms with Crippen LogP contribution in [0.4, 0.5) is 15.8 Å². The summed E-state index contributed by atoms with van der Waals surface area (Å²) in [4.78, 5) is 26.5. The molecule has 1 fully saturated rings. The van der Waals surface area contributed by atoms with Gasteiger partial charge in [0.25, 0.3) is 0 Å². The van der Waals surface area contributed by atoms with Gasteiger partial charge < -0.3 is 10.2 Å². The van der Waals surface area contributed by atoms with Gasteiger partial charge in [0, 0.05) is 18.7 Å². The number of nitrogens with one attached hydrogen (secondary N) is 1. The monoisotopic (exact) mass is 360 g/mol. The van der Waals surface area contributed by atoms with E-state index < -0.39 is 11.7 Å². The summed E-state index contributed by atoms with van der Waals surface area (Å²) in [6.07, 6.45) is 0.0986. The smallest absolute Gasteiger partial charge is 0.229 e. The van der Waals surface area contributed by atoms with Crippen molar-refractivity contribution in [1.82, 2.24) is 0 Å². The molecule has 2 amide bonds. The average Bonchev–Trinajstić information content (AvgIpc) is 2.96. The van der Waals surface area contributed by atoms with Crippen LogP contribution >= 0.6 is 11.6 Å². The quantitative estimate of drug-likeness (QED) is 0.896. The first-order valence-corrected chi connectivity index (χ1v) is 8.37. The van der Waals surface area contributed by atoms with Gasteiger partial charge in [-0.25, -0.2) is 4.39 Å². The van der Waals surface area contributed by atoms with Gasteiger partial charge in [0.05, 0.1) is 16.6 Å². The summed E-state index contributed by atoms with van der Waals surface area (Å²) in [6.45, 7) is 4.20. The van der Waals surface area contributed by atoms with E-state index in [0.29, 0.717) is 0 Å². The second kappa shape index (κ2) is 6.84. The van der Waals surface area contributed by atoms with Crippen molar-refractivity contribution in [2.75, 3.05) is 16.8 Å². The van der Waals surface area contributed by atoms with E-state index in [9.17, 15) is 14.0 Å². The van der Waals surface area contributed by atoms with E-state index in [1.165, 1.54) is 12.1 Å². The predicted octanol–water partition coefficient (Wildman–Crippen LogP) is 4.09. The van der Waals surface area contributed by atoms with Crippen molar-refractivity contribution < 1.29 is 14.0 Å². The van der Waals surface area contributed by atoms with E-state index in [-0.39, 0.29) is 35.5 Å². The third-order valence-corrected chi connectivity index (χ3v) is 4.86. The Kier molecular flexibility index (Phi) is 4.77. The van der Waals surface area contributed by atoms with Gasteiger partial charge in [-0.1, -0.05) is 29.8 Å². The Labute approximate surface area is 150 Å². The van der Waals surface area contributed by atoms with Crippen LogP contribution in [-0.2, 0) is 9.59 Å². The average molecular weight is 361 g/mol. The van der Waals surface area contributed by atoms with Crippen LogP contribution in [0.1, 0.15) is 17.5 Å². The number of amides is 2. The topological polar surface area (TPSA) is 49.4 Å². The molecule has 1 aliphatic rings. The number of hydrogen-bond acceptors (Lipinski definition) is 2. The number of carbonyl (C=O) groups excluding carboxylic acids is 2. The van der Waals surface area contributed by atoms with Crippen molar-refractivity contribution in [1.29, 1.82) is 0 Å². The van der Waals surface area contributed by atoms with E-state index in [0.717, 1.165) is 16.8 Å². The molecular weight excluding hydrogens is 343 g/mol. The zero-order chi connectivity index (χ0) is 18.1. The fraction of sp³-hybridized carbons (Fsp3) is 0.263. The minimum absolute atomic E-state index is 0.0233. The van der Waals surface area contributed by atoms with Crippen LogP contribution in [0.2, 0.25) is 5.02 Å². The molecule has 0 aromatic heterocycles. The number of aryl methyl sites for hydroxylation is 1. The Morgan fingerprint density at radius 2 is 1.96 bits per heavy atom. The van der Waals surface area contributed by atoms with Gasteiger partial charge in [-0.15, -0.1) is 0 Å². The van der Waals surface area contributed by atoms with Gasteiger partial charge >= 0.3 is 0 Å². The number of hydrogen-bond donors (Lipinski definition) is 1. The lowest BCUT2D eigenvalue weighted by Crippen LogP contribution is -2.28. The maximum atomic E-state index is 13.9. The molecule has 1 aliphatic heterocycles. The molecule has 1 N–H and O–H groups in total. The molecule has 0 spiro atoms. The first-order valence-electron chi connectivity index (χ1n) is 8.00. The molecule has 2 aromatic rings. The van der Waals surface area contributed by atoms with Gasteiger partial charge in [0.1, 0.15) is 0 Å². The molecule has 4 nitrogen and oxygen atoms in total. The fourth-order valence-corrected chi connectivity index (χ4v) is 3.15. The molecule has 130 valence electrons. The Bertz CT molecular complexity index is 853. The molecule has 0 radical (unpaired) electrons. The summed E-state index contributed by atoms with van der Waals surface area (Å²) in [5.41, 5.74) is 2.93. The third kappa shape index (κ3) is 3.37.